The Kier molecular flexibility index (Phi) is 7.67. The molecule has 1 aliphatic carbocycles. The maximum atomic E-state index is 13.0. The molecule has 3 rings (SSSR count). The van der Waals surface area contributed by atoms with Crippen LogP contribution < -0.4 is 10.6 Å². The van der Waals surface area contributed by atoms with Crippen molar-refractivity contribution in [2.24, 2.45) is 11.8 Å². The van der Waals surface area contributed by atoms with Gasteiger partial charge in [-0.1, -0.05) is 56.2 Å². The number of para-hydroxylation sites is 1. The molecule has 0 aliphatic heterocycles. The van der Waals surface area contributed by atoms with E-state index >= 15 is 0 Å². The first-order chi connectivity index (χ1) is 15.3. The number of benzene rings is 2. The van der Waals surface area contributed by atoms with Crippen LogP contribution in [0.15, 0.2) is 48.5 Å². The first-order valence-corrected chi connectivity index (χ1v) is 11.3. The average Bonchev–Trinajstić information content (AvgIpc) is 2.77. The van der Waals surface area contributed by atoms with Gasteiger partial charge in [-0.15, -0.1) is 0 Å². The summed E-state index contributed by atoms with van der Waals surface area (Å²) < 4.78 is 0. The third-order valence-corrected chi connectivity index (χ3v) is 6.28. The highest BCUT2D eigenvalue weighted by atomic mass is 16.2. The Morgan fingerprint density at radius 1 is 0.969 bits per heavy atom. The summed E-state index contributed by atoms with van der Waals surface area (Å²) in [6.45, 7) is 4.28. The molecule has 32 heavy (non-hydrogen) atoms. The quantitative estimate of drug-likeness (QED) is 0.687. The Hall–Kier alpha value is -3.15. The molecule has 0 saturated heterocycles. The van der Waals surface area contributed by atoms with Gasteiger partial charge in [-0.25, -0.2) is 0 Å². The van der Waals surface area contributed by atoms with Crippen molar-refractivity contribution in [3.05, 3.63) is 65.2 Å². The van der Waals surface area contributed by atoms with Crippen molar-refractivity contribution in [3.8, 4) is 0 Å². The summed E-state index contributed by atoms with van der Waals surface area (Å²) in [6, 6.07) is 14.5. The molecule has 170 valence electrons. The van der Waals surface area contributed by atoms with E-state index in [4.69, 9.17) is 0 Å². The van der Waals surface area contributed by atoms with Gasteiger partial charge in [0, 0.05) is 14.1 Å². The van der Waals surface area contributed by atoms with Crippen molar-refractivity contribution in [3.63, 3.8) is 0 Å². The second-order valence-corrected chi connectivity index (χ2v) is 9.04. The Morgan fingerprint density at radius 3 is 2.34 bits per heavy atom. The summed E-state index contributed by atoms with van der Waals surface area (Å²) in [5.41, 5.74) is 2.81. The molecule has 0 bridgehead atoms. The predicted octanol–water partition coefficient (Wildman–Crippen LogP) is 4.32. The number of aryl methyl sites for hydroxylation is 1. The number of nitrogens with zero attached hydrogens (tertiary/aromatic N) is 1. The van der Waals surface area contributed by atoms with E-state index in [0.717, 1.165) is 30.4 Å². The van der Waals surface area contributed by atoms with Gasteiger partial charge in [-0.05, 0) is 54.9 Å². The molecule has 3 amide bonds. The summed E-state index contributed by atoms with van der Waals surface area (Å²) in [4.78, 5) is 39.6. The highest BCUT2D eigenvalue weighted by molar-refractivity contribution is 6.40. The van der Waals surface area contributed by atoms with Crippen molar-refractivity contribution in [2.75, 3.05) is 19.4 Å². The molecule has 3 unspecified atom stereocenters. The van der Waals surface area contributed by atoms with Crippen molar-refractivity contribution >= 4 is 23.4 Å². The van der Waals surface area contributed by atoms with Gasteiger partial charge in [0.25, 0.3) is 5.91 Å². The van der Waals surface area contributed by atoms with Crippen LogP contribution in [-0.4, -0.2) is 36.7 Å². The molecular formula is C26H33N3O3. The molecule has 0 spiro atoms. The minimum atomic E-state index is -0.772. The lowest BCUT2D eigenvalue weighted by Gasteiger charge is -2.34. The van der Waals surface area contributed by atoms with Crippen LogP contribution in [0.5, 0.6) is 0 Å². The fourth-order valence-corrected chi connectivity index (χ4v) is 4.57. The molecule has 0 radical (unpaired) electrons. The Labute approximate surface area is 190 Å². The van der Waals surface area contributed by atoms with Gasteiger partial charge in [0.1, 0.15) is 0 Å². The standard InChI is InChI=1S/C26H33N3O3/c1-17-10-9-12-19(16-17)23(20-13-6-5-11-18(20)2)28-25(31)24(30)27-22-15-8-7-14-21(22)26(32)29(3)4/h5-8,11,13-15,17,19,23H,9-10,12,16H2,1-4H3,(H,27,30)(H,28,31). The Bertz CT molecular complexity index is 986. The molecule has 0 heterocycles. The lowest BCUT2D eigenvalue weighted by molar-refractivity contribution is -0.137. The van der Waals surface area contributed by atoms with Crippen LogP contribution >= 0.6 is 0 Å². The molecule has 2 N–H and O–H groups in total. The summed E-state index contributed by atoms with van der Waals surface area (Å²) in [5, 5.41) is 5.64. The third kappa shape index (κ3) is 5.55. The minimum Gasteiger partial charge on any atom is -0.345 e. The third-order valence-electron chi connectivity index (χ3n) is 6.28. The summed E-state index contributed by atoms with van der Waals surface area (Å²) in [5.74, 6) is -0.834. The number of carbonyl (C=O) groups excluding carboxylic acids is 3. The van der Waals surface area contributed by atoms with Crippen LogP contribution in [0.25, 0.3) is 0 Å². The summed E-state index contributed by atoms with van der Waals surface area (Å²) in [7, 11) is 3.29. The highest BCUT2D eigenvalue weighted by Crippen LogP contribution is 2.38. The lowest BCUT2D eigenvalue weighted by atomic mass is 9.76. The molecule has 1 fully saturated rings. The molecule has 3 atom stereocenters. The molecule has 6 heteroatoms. The van der Waals surface area contributed by atoms with Gasteiger partial charge in [-0.2, -0.15) is 0 Å². The second-order valence-electron chi connectivity index (χ2n) is 9.04. The molecular weight excluding hydrogens is 402 g/mol. The van der Waals surface area contributed by atoms with Gasteiger partial charge >= 0.3 is 11.8 Å². The van der Waals surface area contributed by atoms with Crippen LogP contribution in [0.4, 0.5) is 5.69 Å². The molecule has 2 aromatic rings. The van der Waals surface area contributed by atoms with E-state index < -0.39 is 11.8 Å². The Balaban J connectivity index is 1.80. The zero-order valence-corrected chi connectivity index (χ0v) is 19.4. The minimum absolute atomic E-state index is 0.226. The van der Waals surface area contributed by atoms with Crippen LogP contribution in [-0.2, 0) is 9.59 Å². The number of hydrogen-bond acceptors (Lipinski definition) is 3. The largest absolute Gasteiger partial charge is 0.345 e. The van der Waals surface area contributed by atoms with E-state index in [1.54, 1.807) is 38.4 Å². The van der Waals surface area contributed by atoms with E-state index in [-0.39, 0.29) is 17.9 Å². The lowest BCUT2D eigenvalue weighted by Crippen LogP contribution is -2.41. The first-order valence-electron chi connectivity index (χ1n) is 11.3. The van der Waals surface area contributed by atoms with Gasteiger partial charge in [0.2, 0.25) is 0 Å². The SMILES string of the molecule is Cc1ccccc1C(NC(=O)C(=O)Nc1ccccc1C(=O)N(C)C)C1CCCC(C)C1. The highest BCUT2D eigenvalue weighted by Gasteiger charge is 2.31. The predicted molar refractivity (Wildman–Crippen MR) is 126 cm³/mol. The fraction of sp³-hybridized carbons (Fsp3) is 0.423. The first kappa shape index (κ1) is 23.5. The number of amides is 3. The Morgan fingerprint density at radius 2 is 1.66 bits per heavy atom. The maximum Gasteiger partial charge on any atom is 0.313 e. The van der Waals surface area contributed by atoms with Gasteiger partial charge in [0.05, 0.1) is 17.3 Å². The zero-order valence-electron chi connectivity index (χ0n) is 19.4. The van der Waals surface area contributed by atoms with Gasteiger partial charge < -0.3 is 15.5 Å². The van der Waals surface area contributed by atoms with Crippen molar-refractivity contribution in [1.82, 2.24) is 10.2 Å². The van der Waals surface area contributed by atoms with Crippen molar-refractivity contribution in [1.29, 1.82) is 0 Å². The van der Waals surface area contributed by atoms with Crippen LogP contribution in [0.3, 0.4) is 0 Å². The average molecular weight is 436 g/mol. The molecule has 2 aromatic carbocycles. The number of rotatable bonds is 5. The molecule has 0 aromatic heterocycles. The second kappa shape index (κ2) is 10.4. The van der Waals surface area contributed by atoms with E-state index in [1.807, 2.05) is 31.2 Å². The molecule has 1 aliphatic rings. The van der Waals surface area contributed by atoms with Crippen LogP contribution in [0.2, 0.25) is 0 Å². The van der Waals surface area contributed by atoms with E-state index in [2.05, 4.69) is 17.6 Å². The smallest absolute Gasteiger partial charge is 0.313 e. The number of carbonyl (C=O) groups is 3. The number of hydrogen-bond donors (Lipinski definition) is 2. The van der Waals surface area contributed by atoms with E-state index in [9.17, 15) is 14.4 Å². The molecule has 6 nitrogen and oxygen atoms in total. The van der Waals surface area contributed by atoms with Crippen LogP contribution in [0.1, 0.15) is 60.1 Å². The molecule has 1 saturated carbocycles. The van der Waals surface area contributed by atoms with E-state index in [1.165, 1.54) is 11.3 Å². The van der Waals surface area contributed by atoms with Gasteiger partial charge in [-0.3, -0.25) is 14.4 Å². The topological polar surface area (TPSA) is 78.5 Å². The van der Waals surface area contributed by atoms with Gasteiger partial charge in [0.15, 0.2) is 0 Å². The van der Waals surface area contributed by atoms with Crippen molar-refractivity contribution < 1.29 is 14.4 Å². The summed E-state index contributed by atoms with van der Waals surface area (Å²) in [6.07, 6.45) is 4.35. The zero-order chi connectivity index (χ0) is 23.3. The van der Waals surface area contributed by atoms with E-state index in [0.29, 0.717) is 17.2 Å². The maximum absolute atomic E-state index is 13.0. The number of anilines is 1. The summed E-state index contributed by atoms with van der Waals surface area (Å²) >= 11 is 0. The normalized spacial score (nSPS) is 19.0. The fourth-order valence-electron chi connectivity index (χ4n) is 4.57. The van der Waals surface area contributed by atoms with Crippen molar-refractivity contribution in [2.45, 2.75) is 45.6 Å². The monoisotopic (exact) mass is 435 g/mol. The van der Waals surface area contributed by atoms with Crippen LogP contribution in [0, 0.1) is 18.8 Å². The number of nitrogens with one attached hydrogen (secondary N) is 2.